The van der Waals surface area contributed by atoms with Crippen LogP contribution < -0.4 is 10.1 Å². The van der Waals surface area contributed by atoms with Crippen molar-refractivity contribution in [1.29, 1.82) is 0 Å². The van der Waals surface area contributed by atoms with Crippen LogP contribution in [0.2, 0.25) is 10.2 Å². The van der Waals surface area contributed by atoms with Crippen LogP contribution in [0.1, 0.15) is 0 Å². The molecule has 0 saturated heterocycles. The molecule has 0 saturated carbocycles. The predicted octanol–water partition coefficient (Wildman–Crippen LogP) is 3.41. The molecule has 4 nitrogen and oxygen atoms in total. The summed E-state index contributed by atoms with van der Waals surface area (Å²) in [5.74, 6) is 0.168. The average molecular weight is 297 g/mol. The zero-order chi connectivity index (χ0) is 13.7. The van der Waals surface area contributed by atoms with Crippen molar-refractivity contribution in [3.05, 3.63) is 52.8 Å². The van der Waals surface area contributed by atoms with Crippen LogP contribution in [-0.2, 0) is 4.79 Å². The Balaban J connectivity index is 1.88. The number of carbonyl (C=O) groups excluding carboxylic acids is 1. The number of halogens is 2. The number of rotatable bonds is 4. The summed E-state index contributed by atoms with van der Waals surface area (Å²) in [6.07, 6.45) is 1.45. The Hall–Kier alpha value is -1.78. The zero-order valence-electron chi connectivity index (χ0n) is 9.77. The number of anilines is 1. The molecular formula is C13H10Cl2N2O2. The molecule has 2 rings (SSSR count). The highest BCUT2D eigenvalue weighted by atomic mass is 35.5. The number of nitrogens with one attached hydrogen (secondary N) is 1. The molecule has 0 aliphatic rings. The van der Waals surface area contributed by atoms with Crippen molar-refractivity contribution >= 4 is 34.8 Å². The second kappa shape index (κ2) is 6.41. The molecule has 0 fully saturated rings. The van der Waals surface area contributed by atoms with Gasteiger partial charge in [0.2, 0.25) is 0 Å². The molecule has 1 aromatic carbocycles. The van der Waals surface area contributed by atoms with Gasteiger partial charge in [0.25, 0.3) is 5.91 Å². The molecule has 0 radical (unpaired) electrons. The van der Waals surface area contributed by atoms with Crippen LogP contribution in [0.5, 0.6) is 5.75 Å². The van der Waals surface area contributed by atoms with E-state index in [9.17, 15) is 4.79 Å². The first-order valence-electron chi connectivity index (χ1n) is 5.44. The van der Waals surface area contributed by atoms with Crippen molar-refractivity contribution in [2.75, 3.05) is 11.9 Å². The van der Waals surface area contributed by atoms with Gasteiger partial charge in [-0.25, -0.2) is 4.98 Å². The van der Waals surface area contributed by atoms with Gasteiger partial charge in [0.05, 0.1) is 16.9 Å². The number of para-hydroxylation sites is 1. The highest BCUT2D eigenvalue weighted by molar-refractivity contribution is 6.33. The van der Waals surface area contributed by atoms with E-state index in [0.29, 0.717) is 21.6 Å². The molecule has 0 spiro atoms. The smallest absolute Gasteiger partial charge is 0.262 e. The molecule has 0 aliphatic heterocycles. The van der Waals surface area contributed by atoms with Crippen molar-refractivity contribution in [2.24, 2.45) is 0 Å². The molecule has 0 aliphatic carbocycles. The molecule has 2 aromatic rings. The first-order chi connectivity index (χ1) is 9.15. The standard InChI is InChI=1S/C13H10Cl2N2O2/c14-10-3-1-2-4-11(10)17-13(18)8-19-9-5-6-12(15)16-7-9/h1-7H,8H2,(H,17,18). The van der Waals surface area contributed by atoms with E-state index in [-0.39, 0.29) is 12.5 Å². The fraction of sp³-hybridized carbons (Fsp3) is 0.0769. The van der Waals surface area contributed by atoms with Crippen LogP contribution in [0.3, 0.4) is 0 Å². The molecule has 0 atom stereocenters. The van der Waals surface area contributed by atoms with E-state index in [1.165, 1.54) is 6.20 Å². The molecule has 6 heteroatoms. The van der Waals surface area contributed by atoms with Gasteiger partial charge in [0.15, 0.2) is 6.61 Å². The normalized spacial score (nSPS) is 10.0. The first kappa shape index (κ1) is 13.6. The van der Waals surface area contributed by atoms with E-state index in [1.807, 2.05) is 0 Å². The predicted molar refractivity (Wildman–Crippen MR) is 74.8 cm³/mol. The molecule has 1 N–H and O–H groups in total. The maximum atomic E-state index is 11.7. The number of carbonyl (C=O) groups is 1. The molecule has 98 valence electrons. The Bertz CT molecular complexity index is 573. The van der Waals surface area contributed by atoms with E-state index < -0.39 is 0 Å². The third-order valence-electron chi connectivity index (χ3n) is 2.22. The van der Waals surface area contributed by atoms with E-state index in [1.54, 1.807) is 36.4 Å². The summed E-state index contributed by atoms with van der Waals surface area (Å²) in [6.45, 7) is -0.130. The maximum Gasteiger partial charge on any atom is 0.262 e. The fourth-order valence-corrected chi connectivity index (χ4v) is 1.64. The quantitative estimate of drug-likeness (QED) is 0.880. The Morgan fingerprint density at radius 3 is 2.68 bits per heavy atom. The van der Waals surface area contributed by atoms with Crippen molar-refractivity contribution < 1.29 is 9.53 Å². The van der Waals surface area contributed by atoms with Gasteiger partial charge in [0, 0.05) is 0 Å². The maximum absolute atomic E-state index is 11.7. The summed E-state index contributed by atoms with van der Waals surface area (Å²) in [6, 6.07) is 10.2. The van der Waals surface area contributed by atoms with Crippen LogP contribution in [0, 0.1) is 0 Å². The minimum atomic E-state index is -0.303. The third-order valence-corrected chi connectivity index (χ3v) is 2.77. The number of aromatic nitrogens is 1. The van der Waals surface area contributed by atoms with Crippen molar-refractivity contribution in [2.45, 2.75) is 0 Å². The summed E-state index contributed by atoms with van der Waals surface area (Å²) in [5, 5.41) is 3.49. The van der Waals surface area contributed by atoms with E-state index in [2.05, 4.69) is 10.3 Å². The number of pyridine rings is 1. The number of ether oxygens (including phenoxy) is 1. The van der Waals surface area contributed by atoms with Crippen LogP contribution >= 0.6 is 23.2 Å². The average Bonchev–Trinajstić information content (AvgIpc) is 2.41. The monoisotopic (exact) mass is 296 g/mol. The van der Waals surface area contributed by atoms with Gasteiger partial charge in [-0.3, -0.25) is 4.79 Å². The van der Waals surface area contributed by atoms with Crippen LogP contribution in [0.15, 0.2) is 42.6 Å². The summed E-state index contributed by atoms with van der Waals surface area (Å²) in [4.78, 5) is 15.5. The Morgan fingerprint density at radius 1 is 1.21 bits per heavy atom. The van der Waals surface area contributed by atoms with E-state index in [0.717, 1.165) is 0 Å². The Morgan fingerprint density at radius 2 is 2.00 bits per heavy atom. The van der Waals surface area contributed by atoms with Gasteiger partial charge in [0.1, 0.15) is 10.9 Å². The molecule has 1 amide bonds. The molecule has 0 bridgehead atoms. The Labute approximate surface area is 120 Å². The first-order valence-corrected chi connectivity index (χ1v) is 6.19. The highest BCUT2D eigenvalue weighted by Gasteiger charge is 2.06. The summed E-state index contributed by atoms with van der Waals surface area (Å²) < 4.78 is 5.26. The zero-order valence-corrected chi connectivity index (χ0v) is 11.3. The SMILES string of the molecule is O=C(COc1ccc(Cl)nc1)Nc1ccccc1Cl. The fourth-order valence-electron chi connectivity index (χ4n) is 1.35. The second-order valence-corrected chi connectivity index (χ2v) is 4.43. The van der Waals surface area contributed by atoms with Gasteiger partial charge < -0.3 is 10.1 Å². The minimum absolute atomic E-state index is 0.130. The van der Waals surface area contributed by atoms with Crippen LogP contribution in [-0.4, -0.2) is 17.5 Å². The van der Waals surface area contributed by atoms with Crippen LogP contribution in [0.25, 0.3) is 0 Å². The Kier molecular flexibility index (Phi) is 4.60. The van der Waals surface area contributed by atoms with Crippen molar-refractivity contribution in [1.82, 2.24) is 4.98 Å². The minimum Gasteiger partial charge on any atom is -0.482 e. The van der Waals surface area contributed by atoms with E-state index >= 15 is 0 Å². The van der Waals surface area contributed by atoms with Gasteiger partial charge in [-0.1, -0.05) is 35.3 Å². The highest BCUT2D eigenvalue weighted by Crippen LogP contribution is 2.20. The number of hydrogen-bond acceptors (Lipinski definition) is 3. The molecule has 0 unspecified atom stereocenters. The third kappa shape index (κ3) is 4.12. The lowest BCUT2D eigenvalue weighted by molar-refractivity contribution is -0.118. The second-order valence-electron chi connectivity index (χ2n) is 3.63. The van der Waals surface area contributed by atoms with Crippen molar-refractivity contribution in [3.8, 4) is 5.75 Å². The summed E-state index contributed by atoms with van der Waals surface area (Å²) in [7, 11) is 0. The van der Waals surface area contributed by atoms with Gasteiger partial charge in [-0.15, -0.1) is 0 Å². The molecule has 1 aromatic heterocycles. The lowest BCUT2D eigenvalue weighted by Crippen LogP contribution is -2.20. The molecule has 19 heavy (non-hydrogen) atoms. The lowest BCUT2D eigenvalue weighted by Gasteiger charge is -2.08. The lowest BCUT2D eigenvalue weighted by atomic mass is 10.3. The van der Waals surface area contributed by atoms with Crippen molar-refractivity contribution in [3.63, 3.8) is 0 Å². The van der Waals surface area contributed by atoms with Gasteiger partial charge in [-0.2, -0.15) is 0 Å². The number of nitrogens with zero attached hydrogens (tertiary/aromatic N) is 1. The summed E-state index contributed by atoms with van der Waals surface area (Å²) >= 11 is 11.6. The number of benzene rings is 1. The van der Waals surface area contributed by atoms with Gasteiger partial charge in [-0.05, 0) is 24.3 Å². The number of amides is 1. The molecular weight excluding hydrogens is 287 g/mol. The van der Waals surface area contributed by atoms with Crippen LogP contribution in [0.4, 0.5) is 5.69 Å². The topological polar surface area (TPSA) is 51.2 Å². The van der Waals surface area contributed by atoms with Gasteiger partial charge >= 0.3 is 0 Å². The van der Waals surface area contributed by atoms with E-state index in [4.69, 9.17) is 27.9 Å². The summed E-state index contributed by atoms with van der Waals surface area (Å²) in [5.41, 5.74) is 0.548. The largest absolute Gasteiger partial charge is 0.482 e. The number of hydrogen-bond donors (Lipinski definition) is 1. The molecule has 1 heterocycles.